The Kier molecular flexibility index (Phi) is 8.85. The Morgan fingerprint density at radius 1 is 0.900 bits per heavy atom. The van der Waals surface area contributed by atoms with Crippen LogP contribution in [-0.4, -0.2) is 65.4 Å². The molecule has 2 fully saturated rings. The summed E-state index contributed by atoms with van der Waals surface area (Å²) in [7, 11) is 0. The van der Waals surface area contributed by atoms with E-state index in [0.717, 1.165) is 62.9 Å². The average Bonchev–Trinajstić information content (AvgIpc) is 2.98. The van der Waals surface area contributed by atoms with Gasteiger partial charge in [0.25, 0.3) is 11.8 Å². The minimum atomic E-state index is -0.818. The van der Waals surface area contributed by atoms with Gasteiger partial charge in [0.2, 0.25) is 0 Å². The molecule has 0 unspecified atom stereocenters. The van der Waals surface area contributed by atoms with Crippen LogP contribution in [0.5, 0.6) is 0 Å². The molecule has 0 bridgehead atoms. The van der Waals surface area contributed by atoms with E-state index in [1.807, 2.05) is 31.2 Å². The lowest BCUT2D eigenvalue weighted by Gasteiger charge is -2.37. The van der Waals surface area contributed by atoms with Crippen molar-refractivity contribution < 1.29 is 18.4 Å². The zero-order valence-corrected chi connectivity index (χ0v) is 22.9. The lowest BCUT2D eigenvalue weighted by atomic mass is 9.94. The number of nitrogens with one attached hydrogen (secondary N) is 1. The Labute approximate surface area is 234 Å². The third-order valence-corrected chi connectivity index (χ3v) is 8.16. The van der Waals surface area contributed by atoms with Crippen molar-refractivity contribution in [3.8, 4) is 11.1 Å². The highest BCUT2D eigenvalue weighted by molar-refractivity contribution is 5.95. The zero-order chi connectivity index (χ0) is 28.1. The number of aryl methyl sites for hydroxylation is 1. The van der Waals surface area contributed by atoms with Gasteiger partial charge in [-0.2, -0.15) is 0 Å². The number of rotatable bonds is 7. The summed E-state index contributed by atoms with van der Waals surface area (Å²) in [5, 5.41) is 3.09. The van der Waals surface area contributed by atoms with Gasteiger partial charge in [-0.15, -0.1) is 0 Å². The predicted molar refractivity (Wildman–Crippen MR) is 151 cm³/mol. The van der Waals surface area contributed by atoms with Gasteiger partial charge >= 0.3 is 0 Å². The SMILES string of the molecule is CCc1cccc(-c2cc(F)c(C(=O)N3CCC(CN4CCC(NC(=O)c5ccccn5)CC4)CC3)c(F)c2)c1. The molecule has 8 heteroatoms. The maximum absolute atomic E-state index is 15.1. The first-order valence-corrected chi connectivity index (χ1v) is 14.2. The van der Waals surface area contributed by atoms with E-state index >= 15 is 8.78 Å². The molecule has 2 saturated heterocycles. The summed E-state index contributed by atoms with van der Waals surface area (Å²) >= 11 is 0. The molecule has 0 radical (unpaired) electrons. The minimum Gasteiger partial charge on any atom is -0.348 e. The first-order chi connectivity index (χ1) is 19.4. The molecular weight excluding hydrogens is 510 g/mol. The van der Waals surface area contributed by atoms with Crippen molar-refractivity contribution in [3.05, 3.63) is 89.2 Å². The van der Waals surface area contributed by atoms with E-state index in [0.29, 0.717) is 30.3 Å². The summed E-state index contributed by atoms with van der Waals surface area (Å²) < 4.78 is 30.1. The molecule has 3 heterocycles. The summed E-state index contributed by atoms with van der Waals surface area (Å²) in [6, 6.07) is 15.6. The van der Waals surface area contributed by atoms with Crippen LogP contribution in [-0.2, 0) is 6.42 Å². The predicted octanol–water partition coefficient (Wildman–Crippen LogP) is 5.34. The number of hydrogen-bond donors (Lipinski definition) is 1. The van der Waals surface area contributed by atoms with Crippen LogP contribution in [0.25, 0.3) is 11.1 Å². The van der Waals surface area contributed by atoms with Crippen molar-refractivity contribution in [1.82, 2.24) is 20.1 Å². The van der Waals surface area contributed by atoms with Gasteiger partial charge in [-0.1, -0.05) is 37.3 Å². The fourth-order valence-corrected chi connectivity index (χ4v) is 5.77. The number of piperidine rings is 2. The Balaban J connectivity index is 1.10. The molecule has 2 aliphatic rings. The van der Waals surface area contributed by atoms with Crippen molar-refractivity contribution in [3.63, 3.8) is 0 Å². The van der Waals surface area contributed by atoms with E-state index in [9.17, 15) is 9.59 Å². The number of hydrogen-bond acceptors (Lipinski definition) is 4. The summed E-state index contributed by atoms with van der Waals surface area (Å²) in [5.41, 5.74) is 2.21. The molecule has 0 saturated carbocycles. The molecule has 2 aromatic carbocycles. The van der Waals surface area contributed by atoms with Crippen LogP contribution in [0.2, 0.25) is 0 Å². The van der Waals surface area contributed by atoms with Gasteiger partial charge in [-0.25, -0.2) is 8.78 Å². The summed E-state index contributed by atoms with van der Waals surface area (Å²) in [6.45, 7) is 5.72. The van der Waals surface area contributed by atoms with Crippen LogP contribution in [0.4, 0.5) is 8.78 Å². The summed E-state index contributed by atoms with van der Waals surface area (Å²) in [4.78, 5) is 33.6. The van der Waals surface area contributed by atoms with Crippen molar-refractivity contribution in [2.45, 2.75) is 45.1 Å². The van der Waals surface area contributed by atoms with Crippen LogP contribution in [0.15, 0.2) is 60.8 Å². The lowest BCUT2D eigenvalue weighted by Crippen LogP contribution is -2.47. The van der Waals surface area contributed by atoms with E-state index in [2.05, 4.69) is 15.2 Å². The van der Waals surface area contributed by atoms with Gasteiger partial charge in [-0.05, 0) is 79.0 Å². The number of carbonyl (C=O) groups excluding carboxylic acids is 2. The normalized spacial score (nSPS) is 17.1. The number of aromatic nitrogens is 1. The average molecular weight is 547 g/mol. The molecule has 0 aliphatic carbocycles. The van der Waals surface area contributed by atoms with Crippen LogP contribution in [0.1, 0.15) is 59.0 Å². The fourth-order valence-electron chi connectivity index (χ4n) is 5.77. The number of likely N-dealkylation sites (tertiary alicyclic amines) is 2. The van der Waals surface area contributed by atoms with Crippen LogP contribution in [0.3, 0.4) is 0 Å². The molecule has 5 rings (SSSR count). The molecule has 210 valence electrons. The Morgan fingerprint density at radius 2 is 1.62 bits per heavy atom. The molecule has 6 nitrogen and oxygen atoms in total. The second-order valence-corrected chi connectivity index (χ2v) is 10.9. The Morgan fingerprint density at radius 3 is 2.27 bits per heavy atom. The zero-order valence-electron chi connectivity index (χ0n) is 22.9. The fraction of sp³-hybridized carbons (Fsp3) is 0.406. The first-order valence-electron chi connectivity index (χ1n) is 14.2. The van der Waals surface area contributed by atoms with Gasteiger partial charge in [0, 0.05) is 45.0 Å². The maximum atomic E-state index is 15.1. The van der Waals surface area contributed by atoms with Crippen LogP contribution < -0.4 is 5.32 Å². The molecule has 1 aromatic heterocycles. The number of benzene rings is 2. The Bertz CT molecular complexity index is 1310. The number of amides is 2. The first kappa shape index (κ1) is 27.9. The minimum absolute atomic E-state index is 0.135. The second-order valence-electron chi connectivity index (χ2n) is 10.9. The topological polar surface area (TPSA) is 65.5 Å². The van der Waals surface area contributed by atoms with Gasteiger partial charge in [0.1, 0.15) is 22.9 Å². The quantitative estimate of drug-likeness (QED) is 0.435. The molecule has 1 N–H and O–H groups in total. The van der Waals surface area contributed by atoms with Crippen LogP contribution >= 0.6 is 0 Å². The molecule has 2 aliphatic heterocycles. The highest BCUT2D eigenvalue weighted by Gasteiger charge is 2.30. The van der Waals surface area contributed by atoms with Crippen molar-refractivity contribution in [2.24, 2.45) is 5.92 Å². The molecule has 3 aromatic rings. The van der Waals surface area contributed by atoms with Crippen LogP contribution in [0, 0.1) is 17.6 Å². The summed E-state index contributed by atoms with van der Waals surface area (Å²) in [5.74, 6) is -1.92. The number of pyridine rings is 1. The lowest BCUT2D eigenvalue weighted by molar-refractivity contribution is 0.0642. The van der Waals surface area contributed by atoms with E-state index in [1.54, 1.807) is 29.3 Å². The third-order valence-electron chi connectivity index (χ3n) is 8.16. The highest BCUT2D eigenvalue weighted by Crippen LogP contribution is 2.28. The standard InChI is InChI=1S/C32H36F2N4O2/c1-2-22-6-5-7-24(18-22)25-19-27(33)30(28(34)20-25)32(40)38-16-9-23(10-17-38)21-37-14-11-26(12-15-37)36-31(39)29-8-3-4-13-35-29/h3-8,13,18-20,23,26H,2,9-12,14-17,21H2,1H3,(H,36,39). The molecule has 40 heavy (non-hydrogen) atoms. The molecule has 0 spiro atoms. The number of halogens is 2. The smallest absolute Gasteiger partial charge is 0.270 e. The van der Waals surface area contributed by atoms with Crippen molar-refractivity contribution in [2.75, 3.05) is 32.7 Å². The van der Waals surface area contributed by atoms with Gasteiger partial charge in [0.05, 0.1) is 0 Å². The number of nitrogens with zero attached hydrogens (tertiary/aromatic N) is 3. The molecule has 0 atom stereocenters. The van der Waals surface area contributed by atoms with Crippen molar-refractivity contribution in [1.29, 1.82) is 0 Å². The summed E-state index contributed by atoms with van der Waals surface area (Å²) in [6.07, 6.45) is 5.81. The van der Waals surface area contributed by atoms with E-state index < -0.39 is 23.1 Å². The van der Waals surface area contributed by atoms with Gasteiger partial charge in [0.15, 0.2) is 0 Å². The second kappa shape index (κ2) is 12.7. The van der Waals surface area contributed by atoms with Crippen molar-refractivity contribution >= 4 is 11.8 Å². The largest absolute Gasteiger partial charge is 0.348 e. The third kappa shape index (κ3) is 6.55. The van der Waals surface area contributed by atoms with E-state index in [-0.39, 0.29) is 11.9 Å². The molecule has 2 amide bonds. The Hall–Kier alpha value is -3.65. The van der Waals surface area contributed by atoms with E-state index in [4.69, 9.17) is 0 Å². The number of carbonyl (C=O) groups is 2. The van der Waals surface area contributed by atoms with E-state index in [1.165, 1.54) is 12.1 Å². The highest BCUT2D eigenvalue weighted by atomic mass is 19.1. The van der Waals surface area contributed by atoms with Gasteiger partial charge in [-0.3, -0.25) is 14.6 Å². The van der Waals surface area contributed by atoms with Gasteiger partial charge < -0.3 is 15.1 Å². The maximum Gasteiger partial charge on any atom is 0.270 e. The molecular formula is C32H36F2N4O2. The monoisotopic (exact) mass is 546 g/mol.